The lowest BCUT2D eigenvalue weighted by atomic mass is 10.00. The molecule has 0 fully saturated rings. The Bertz CT molecular complexity index is 254. The van der Waals surface area contributed by atoms with Gasteiger partial charge < -0.3 is 9.64 Å². The third-order valence-corrected chi connectivity index (χ3v) is 1.85. The third-order valence-electron chi connectivity index (χ3n) is 1.85. The van der Waals surface area contributed by atoms with Gasteiger partial charge in [0, 0.05) is 20.4 Å². The number of amides is 1. The van der Waals surface area contributed by atoms with E-state index < -0.39 is 12.0 Å². The summed E-state index contributed by atoms with van der Waals surface area (Å²) in [6.07, 6.45) is 2.92. The van der Waals surface area contributed by atoms with Crippen molar-refractivity contribution in [1.82, 2.24) is 4.90 Å². The number of nitriles is 1. The minimum absolute atomic E-state index is 0.216. The van der Waals surface area contributed by atoms with Crippen LogP contribution >= 0.6 is 0 Å². The second kappa shape index (κ2) is 3.37. The highest BCUT2D eigenvalue weighted by molar-refractivity contribution is 5.83. The van der Waals surface area contributed by atoms with Gasteiger partial charge in [-0.1, -0.05) is 0 Å². The Balaban J connectivity index is 2.88. The van der Waals surface area contributed by atoms with Crippen molar-refractivity contribution in [3.8, 4) is 6.07 Å². The highest BCUT2D eigenvalue weighted by atomic mass is 16.5. The van der Waals surface area contributed by atoms with Crippen molar-refractivity contribution in [3.63, 3.8) is 0 Å². The van der Waals surface area contributed by atoms with E-state index in [1.807, 2.05) is 6.07 Å². The Morgan fingerprint density at radius 3 is 2.92 bits per heavy atom. The number of carbonyl (C=O) groups is 1. The zero-order valence-corrected chi connectivity index (χ0v) is 7.02. The molecule has 2 atom stereocenters. The van der Waals surface area contributed by atoms with Crippen molar-refractivity contribution in [2.75, 3.05) is 14.2 Å². The smallest absolute Gasteiger partial charge is 0.246 e. The molecule has 2 unspecified atom stereocenters. The van der Waals surface area contributed by atoms with Crippen LogP contribution in [0.4, 0.5) is 0 Å². The summed E-state index contributed by atoms with van der Waals surface area (Å²) < 4.78 is 4.96. The van der Waals surface area contributed by atoms with Crippen LogP contribution in [0, 0.1) is 17.2 Å². The van der Waals surface area contributed by atoms with Crippen molar-refractivity contribution in [3.05, 3.63) is 12.3 Å². The Labute approximate surface area is 71.0 Å². The van der Waals surface area contributed by atoms with E-state index in [1.165, 1.54) is 12.0 Å². The van der Waals surface area contributed by atoms with Gasteiger partial charge in [-0.05, 0) is 6.08 Å². The Morgan fingerprint density at radius 2 is 2.42 bits per heavy atom. The molecule has 4 heteroatoms. The van der Waals surface area contributed by atoms with Crippen molar-refractivity contribution in [1.29, 1.82) is 5.26 Å². The zero-order chi connectivity index (χ0) is 9.14. The largest absolute Gasteiger partial charge is 0.375 e. The van der Waals surface area contributed by atoms with E-state index in [-0.39, 0.29) is 5.91 Å². The molecule has 1 rings (SSSR count). The molecule has 64 valence electrons. The van der Waals surface area contributed by atoms with E-state index in [0.717, 1.165) is 0 Å². The van der Waals surface area contributed by atoms with Gasteiger partial charge in [0.2, 0.25) is 5.91 Å². The molecule has 0 aromatic heterocycles. The van der Waals surface area contributed by atoms with Gasteiger partial charge in [0.05, 0.1) is 6.07 Å². The molecule has 0 aliphatic carbocycles. The van der Waals surface area contributed by atoms with E-state index in [0.29, 0.717) is 0 Å². The molecule has 4 nitrogen and oxygen atoms in total. The second-order valence-corrected chi connectivity index (χ2v) is 2.60. The first-order valence-corrected chi connectivity index (χ1v) is 3.58. The van der Waals surface area contributed by atoms with Crippen molar-refractivity contribution in [2.45, 2.75) is 6.10 Å². The Kier molecular flexibility index (Phi) is 2.46. The maximum atomic E-state index is 11.3. The van der Waals surface area contributed by atoms with Crippen LogP contribution in [0.15, 0.2) is 12.3 Å². The maximum Gasteiger partial charge on any atom is 0.246 e. The topological polar surface area (TPSA) is 53.3 Å². The number of methoxy groups -OCH3 is 1. The van der Waals surface area contributed by atoms with Gasteiger partial charge >= 0.3 is 0 Å². The number of hydrogen-bond donors (Lipinski definition) is 0. The molecule has 0 saturated heterocycles. The predicted molar refractivity (Wildman–Crippen MR) is 41.8 cm³/mol. The quantitative estimate of drug-likeness (QED) is 0.556. The summed E-state index contributed by atoms with van der Waals surface area (Å²) in [5, 5.41) is 8.67. The molecule has 12 heavy (non-hydrogen) atoms. The van der Waals surface area contributed by atoms with Crippen molar-refractivity contribution >= 4 is 5.91 Å². The molecule has 0 saturated carbocycles. The summed E-state index contributed by atoms with van der Waals surface area (Å²) in [6, 6.07) is 1.92. The fourth-order valence-electron chi connectivity index (χ4n) is 1.10. The molecule has 0 aromatic carbocycles. The maximum absolute atomic E-state index is 11.3. The fraction of sp³-hybridized carbons (Fsp3) is 0.500. The molecule has 0 spiro atoms. The Morgan fingerprint density at radius 1 is 1.75 bits per heavy atom. The first-order chi connectivity index (χ1) is 5.70. The molecule has 1 amide bonds. The van der Waals surface area contributed by atoms with Gasteiger partial charge in [-0.25, -0.2) is 0 Å². The normalized spacial score (nSPS) is 28.8. The molecule has 0 aromatic rings. The monoisotopic (exact) mass is 166 g/mol. The van der Waals surface area contributed by atoms with Crippen LogP contribution < -0.4 is 0 Å². The molecule has 0 N–H and O–H groups in total. The summed E-state index contributed by atoms with van der Waals surface area (Å²) in [5.41, 5.74) is 0. The van der Waals surface area contributed by atoms with E-state index >= 15 is 0 Å². The van der Waals surface area contributed by atoms with E-state index in [9.17, 15) is 4.79 Å². The predicted octanol–water partition coefficient (Wildman–Crippen LogP) is 0.127. The minimum atomic E-state index is -0.704. The van der Waals surface area contributed by atoms with Gasteiger partial charge in [0.15, 0.2) is 5.92 Å². The van der Waals surface area contributed by atoms with E-state index in [4.69, 9.17) is 10.00 Å². The number of ether oxygens (including phenoxy) is 1. The molecular formula is C8H10N2O2. The molecule has 1 heterocycles. The van der Waals surface area contributed by atoms with Gasteiger partial charge in [-0.2, -0.15) is 5.26 Å². The zero-order valence-electron chi connectivity index (χ0n) is 7.02. The lowest BCUT2D eigenvalue weighted by Crippen LogP contribution is -2.39. The second-order valence-electron chi connectivity index (χ2n) is 2.60. The molecule has 0 radical (unpaired) electrons. The van der Waals surface area contributed by atoms with Crippen LogP contribution in [-0.2, 0) is 9.53 Å². The lowest BCUT2D eigenvalue weighted by Gasteiger charge is -2.25. The average Bonchev–Trinajstić information content (AvgIpc) is 2.09. The van der Waals surface area contributed by atoms with Crippen LogP contribution in [0.3, 0.4) is 0 Å². The van der Waals surface area contributed by atoms with Crippen LogP contribution in [0.1, 0.15) is 0 Å². The SMILES string of the molecule is COC1C=CN(C)C(=O)C1C#N. The molecule has 1 aliphatic heterocycles. The fourth-order valence-corrected chi connectivity index (χ4v) is 1.10. The summed E-state index contributed by atoms with van der Waals surface area (Å²) in [7, 11) is 3.10. The number of rotatable bonds is 1. The summed E-state index contributed by atoms with van der Waals surface area (Å²) in [5.74, 6) is -0.920. The van der Waals surface area contributed by atoms with Crippen LogP contribution in [0.25, 0.3) is 0 Å². The average molecular weight is 166 g/mol. The Hall–Kier alpha value is -1.34. The lowest BCUT2D eigenvalue weighted by molar-refractivity contribution is -0.133. The van der Waals surface area contributed by atoms with Crippen molar-refractivity contribution in [2.24, 2.45) is 5.92 Å². The molecule has 1 aliphatic rings. The van der Waals surface area contributed by atoms with Gasteiger partial charge in [-0.15, -0.1) is 0 Å². The standard InChI is InChI=1S/C8H10N2O2/c1-10-4-3-7(12-2)6(5-9)8(10)11/h3-4,6-7H,1-2H3. The van der Waals surface area contributed by atoms with Gasteiger partial charge in [0.1, 0.15) is 6.10 Å². The number of hydrogen-bond acceptors (Lipinski definition) is 3. The van der Waals surface area contributed by atoms with Crippen molar-refractivity contribution < 1.29 is 9.53 Å². The van der Waals surface area contributed by atoms with Crippen LogP contribution in [-0.4, -0.2) is 31.1 Å². The third kappa shape index (κ3) is 1.31. The molecule has 0 bridgehead atoms. The summed E-state index contributed by atoms with van der Waals surface area (Å²) in [4.78, 5) is 12.7. The van der Waals surface area contributed by atoms with Gasteiger partial charge in [0.25, 0.3) is 0 Å². The number of nitrogens with zero attached hydrogens (tertiary/aromatic N) is 2. The number of carbonyl (C=O) groups excluding carboxylic acids is 1. The summed E-state index contributed by atoms with van der Waals surface area (Å²) in [6.45, 7) is 0. The molecular weight excluding hydrogens is 156 g/mol. The minimum Gasteiger partial charge on any atom is -0.375 e. The van der Waals surface area contributed by atoms with Crippen LogP contribution in [0.5, 0.6) is 0 Å². The first-order valence-electron chi connectivity index (χ1n) is 3.58. The highest BCUT2D eigenvalue weighted by Gasteiger charge is 2.31. The van der Waals surface area contributed by atoms with Gasteiger partial charge in [-0.3, -0.25) is 4.79 Å². The van der Waals surface area contributed by atoms with E-state index in [1.54, 1.807) is 19.3 Å². The first kappa shape index (κ1) is 8.75. The highest BCUT2D eigenvalue weighted by Crippen LogP contribution is 2.16. The van der Waals surface area contributed by atoms with E-state index in [2.05, 4.69) is 0 Å². The van der Waals surface area contributed by atoms with Crippen LogP contribution in [0.2, 0.25) is 0 Å². The summed E-state index contributed by atoms with van der Waals surface area (Å²) >= 11 is 0.